The third-order valence-electron chi connectivity index (χ3n) is 12.5. The molecule has 1 aromatic heterocycles. The van der Waals surface area contributed by atoms with Crippen molar-refractivity contribution in [2.75, 3.05) is 64.6 Å². The lowest BCUT2D eigenvalue weighted by Crippen LogP contribution is -2.27. The van der Waals surface area contributed by atoms with Crippen molar-refractivity contribution in [3.63, 3.8) is 0 Å². The highest BCUT2D eigenvalue weighted by molar-refractivity contribution is 7.22. The van der Waals surface area contributed by atoms with Gasteiger partial charge >= 0.3 is 11.9 Å². The molecule has 2 saturated carbocycles. The molecule has 2 aliphatic rings. The Morgan fingerprint density at radius 2 is 1.48 bits per heavy atom. The molecule has 0 bridgehead atoms. The number of unbranched alkanes of at least 4 members (excludes halogenated alkanes) is 3. The van der Waals surface area contributed by atoms with Crippen LogP contribution in [0.1, 0.15) is 121 Å². The van der Waals surface area contributed by atoms with Crippen LogP contribution in [0.15, 0.2) is 84.5 Å². The summed E-state index contributed by atoms with van der Waals surface area (Å²) in [6.07, 6.45) is 18.3. The molecule has 0 unspecified atom stereocenters. The van der Waals surface area contributed by atoms with Crippen molar-refractivity contribution in [1.82, 2.24) is 4.98 Å². The number of fused-ring (bicyclic) bond motifs is 1. The summed E-state index contributed by atoms with van der Waals surface area (Å²) in [6.45, 7) is 11.5. The number of rotatable bonds is 29. The number of carbonyl (C=O) groups is 2. The van der Waals surface area contributed by atoms with Crippen molar-refractivity contribution < 1.29 is 42.7 Å². The van der Waals surface area contributed by atoms with Gasteiger partial charge in [-0.3, -0.25) is 4.79 Å². The fourth-order valence-electron chi connectivity index (χ4n) is 8.71. The summed E-state index contributed by atoms with van der Waals surface area (Å²) in [7, 11) is 0. The zero-order valence-electron chi connectivity index (χ0n) is 39.2. The zero-order valence-corrected chi connectivity index (χ0v) is 40.0. The molecule has 66 heavy (non-hydrogen) atoms. The van der Waals surface area contributed by atoms with Gasteiger partial charge in [0.1, 0.15) is 30.5 Å². The number of hydrazone groups is 1. The Kier molecular flexibility index (Phi) is 21.8. The first-order chi connectivity index (χ1) is 32.4. The topological polar surface area (TPSA) is 127 Å². The molecular weight excluding hydrogens is 855 g/mol. The van der Waals surface area contributed by atoms with Crippen LogP contribution in [-0.4, -0.2) is 82.7 Å². The van der Waals surface area contributed by atoms with E-state index in [1.165, 1.54) is 56.9 Å². The van der Waals surface area contributed by atoms with Crippen LogP contribution in [0.5, 0.6) is 17.2 Å². The molecule has 13 heteroatoms. The van der Waals surface area contributed by atoms with Gasteiger partial charge in [-0.2, -0.15) is 5.10 Å². The van der Waals surface area contributed by atoms with Crippen LogP contribution < -0.4 is 19.2 Å². The van der Waals surface area contributed by atoms with Crippen LogP contribution in [0, 0.1) is 17.8 Å². The van der Waals surface area contributed by atoms with Gasteiger partial charge in [0.2, 0.25) is 5.13 Å². The predicted molar refractivity (Wildman–Crippen MR) is 262 cm³/mol. The van der Waals surface area contributed by atoms with E-state index in [0.717, 1.165) is 78.0 Å². The highest BCUT2D eigenvalue weighted by Gasteiger charge is 2.29. The first-order valence-electron chi connectivity index (χ1n) is 24.3. The van der Waals surface area contributed by atoms with Gasteiger partial charge in [0, 0.05) is 18.2 Å². The second kappa shape index (κ2) is 28.4. The minimum absolute atomic E-state index is 0.143. The zero-order chi connectivity index (χ0) is 46.2. The van der Waals surface area contributed by atoms with Crippen molar-refractivity contribution in [2.24, 2.45) is 22.9 Å². The monoisotopic (exact) mass is 925 g/mol. The number of esters is 2. The van der Waals surface area contributed by atoms with Gasteiger partial charge in [0.25, 0.3) is 0 Å². The van der Waals surface area contributed by atoms with E-state index in [2.05, 4.69) is 50.8 Å². The molecule has 0 radical (unpaired) electrons. The Morgan fingerprint density at radius 1 is 0.773 bits per heavy atom. The number of hydrogen-bond donors (Lipinski definition) is 0. The predicted octanol–water partition coefficient (Wildman–Crippen LogP) is 11.7. The van der Waals surface area contributed by atoms with E-state index in [-0.39, 0.29) is 25.3 Å². The van der Waals surface area contributed by atoms with Gasteiger partial charge in [-0.25, -0.2) is 14.8 Å². The largest absolute Gasteiger partial charge is 0.491 e. The summed E-state index contributed by atoms with van der Waals surface area (Å²) in [5, 5.41) is 7.99. The van der Waals surface area contributed by atoms with Gasteiger partial charge in [0.05, 0.1) is 55.4 Å². The van der Waals surface area contributed by atoms with E-state index in [4.69, 9.17) is 43.2 Å². The SMILES string of the molecule is C=CC(=O)OCCOCCOCCOc1ccc(OCOCC2CCC(C(=O)Oc3ccc(C4CCC(CCC)CC4)cc3/C=N/N(CCCCCC)c3nc4ccccc4s3)CC2)cc1. The molecule has 2 aliphatic carbocycles. The van der Waals surface area contributed by atoms with Crippen molar-refractivity contribution >= 4 is 44.8 Å². The molecule has 0 aliphatic heterocycles. The summed E-state index contributed by atoms with van der Waals surface area (Å²) in [5.74, 6) is 2.85. The van der Waals surface area contributed by atoms with E-state index in [0.29, 0.717) is 68.7 Å². The highest BCUT2D eigenvalue weighted by atomic mass is 32.1. The third kappa shape index (κ3) is 16.8. The van der Waals surface area contributed by atoms with Crippen LogP contribution in [0.3, 0.4) is 0 Å². The summed E-state index contributed by atoms with van der Waals surface area (Å²) in [6, 6.07) is 22.0. The van der Waals surface area contributed by atoms with E-state index < -0.39 is 5.97 Å². The smallest absolute Gasteiger partial charge is 0.330 e. The lowest BCUT2D eigenvalue weighted by atomic mass is 9.77. The van der Waals surface area contributed by atoms with Gasteiger partial charge in [-0.05, 0) is 130 Å². The van der Waals surface area contributed by atoms with Crippen molar-refractivity contribution in [1.29, 1.82) is 0 Å². The molecular formula is C53H71N3O9S. The van der Waals surface area contributed by atoms with E-state index in [9.17, 15) is 9.59 Å². The molecule has 0 atom stereocenters. The maximum atomic E-state index is 13.8. The average Bonchev–Trinajstić information content (AvgIpc) is 3.79. The minimum atomic E-state index is -0.465. The molecule has 12 nitrogen and oxygen atoms in total. The van der Waals surface area contributed by atoms with Crippen LogP contribution in [-0.2, 0) is 28.5 Å². The van der Waals surface area contributed by atoms with Crippen molar-refractivity contribution in [2.45, 2.75) is 110 Å². The maximum Gasteiger partial charge on any atom is 0.330 e. The minimum Gasteiger partial charge on any atom is -0.491 e. The van der Waals surface area contributed by atoms with Crippen LogP contribution in [0.4, 0.5) is 5.13 Å². The molecule has 6 rings (SSSR count). The highest BCUT2D eigenvalue weighted by Crippen LogP contribution is 2.39. The van der Waals surface area contributed by atoms with Gasteiger partial charge in [-0.1, -0.05) is 82.1 Å². The first-order valence-corrected chi connectivity index (χ1v) is 25.1. The van der Waals surface area contributed by atoms with E-state index in [1.54, 1.807) is 11.3 Å². The molecule has 358 valence electrons. The fourth-order valence-corrected chi connectivity index (χ4v) is 9.66. The Bertz CT molecular complexity index is 2040. The van der Waals surface area contributed by atoms with Gasteiger partial charge in [-0.15, -0.1) is 0 Å². The molecule has 4 aromatic rings. The quantitative estimate of drug-likeness (QED) is 0.00982. The second-order valence-electron chi connectivity index (χ2n) is 17.4. The molecule has 1 heterocycles. The maximum absolute atomic E-state index is 13.8. The number of ether oxygens (including phenoxy) is 7. The number of carbonyl (C=O) groups excluding carboxylic acids is 2. The lowest BCUT2D eigenvalue weighted by Gasteiger charge is -2.29. The summed E-state index contributed by atoms with van der Waals surface area (Å²) < 4.78 is 40.7. The molecule has 0 spiro atoms. The molecule has 0 N–H and O–H groups in total. The molecule has 2 fully saturated rings. The fraction of sp³-hybridized carbons (Fsp3) is 0.547. The van der Waals surface area contributed by atoms with E-state index in [1.807, 2.05) is 47.6 Å². The van der Waals surface area contributed by atoms with Crippen molar-refractivity contribution in [3.8, 4) is 17.2 Å². The second-order valence-corrected chi connectivity index (χ2v) is 18.4. The standard InChI is InChI=1S/C53H71N3O9S/c1-4-7-8-11-29-56(53-55-48-13-9-10-14-50(48)66-53)54-37-45-36-44(42-19-15-40(12-5-2)16-20-42)23-28-49(45)65-52(58)43-21-17-41(18-22-43)38-61-39-64-47-26-24-46(25-27-47)62-34-32-59-30-31-60-33-35-63-51(57)6-3/h6,9-10,13-14,23-28,36-37,40-43H,3-5,7-8,11-12,15-22,29-35,38-39H2,1-2H3/b54-37+. The third-order valence-corrected chi connectivity index (χ3v) is 13.5. The number of anilines is 1. The summed E-state index contributed by atoms with van der Waals surface area (Å²) in [5.41, 5.74) is 3.12. The van der Waals surface area contributed by atoms with Crippen LogP contribution >= 0.6 is 11.3 Å². The van der Waals surface area contributed by atoms with Crippen LogP contribution in [0.25, 0.3) is 10.2 Å². The number of benzene rings is 3. The van der Waals surface area contributed by atoms with Gasteiger partial charge in [0.15, 0.2) is 6.79 Å². The van der Waals surface area contributed by atoms with Crippen LogP contribution in [0.2, 0.25) is 0 Å². The lowest BCUT2D eigenvalue weighted by molar-refractivity contribution is -0.141. The Hall–Kier alpha value is -4.82. The Labute approximate surface area is 396 Å². The molecule has 3 aromatic carbocycles. The summed E-state index contributed by atoms with van der Waals surface area (Å²) >= 11 is 1.66. The van der Waals surface area contributed by atoms with Gasteiger partial charge < -0.3 is 33.2 Å². The Balaban J connectivity index is 0.953. The summed E-state index contributed by atoms with van der Waals surface area (Å²) in [4.78, 5) is 29.8. The normalized spacial score (nSPS) is 18.6. The molecule has 0 saturated heterocycles. The Morgan fingerprint density at radius 3 is 2.21 bits per heavy atom. The number of hydrogen-bond acceptors (Lipinski definition) is 13. The van der Waals surface area contributed by atoms with Crippen molar-refractivity contribution in [3.05, 3.63) is 90.5 Å². The number of para-hydroxylation sites is 1. The number of aromatic nitrogens is 1. The number of thiazole rings is 1. The molecule has 0 amide bonds. The first kappa shape index (κ1) is 50.6. The average molecular weight is 926 g/mol. The van der Waals surface area contributed by atoms with E-state index >= 15 is 0 Å². The number of nitrogens with zero attached hydrogens (tertiary/aromatic N) is 3.